The lowest BCUT2D eigenvalue weighted by Gasteiger charge is -2.49. The smallest absolute Gasteiger partial charge is 0.0685 e. The number of hydrogen-bond donors (Lipinski definition) is 1. The number of hydrogen-bond acceptors (Lipinski definition) is 2. The van der Waals surface area contributed by atoms with E-state index in [4.69, 9.17) is 4.74 Å². The molecule has 0 aromatic carbocycles. The fourth-order valence-electron chi connectivity index (χ4n) is 4.21. The molecule has 0 aromatic rings. The summed E-state index contributed by atoms with van der Waals surface area (Å²) in [6, 6.07) is 0.672. The Bertz CT molecular complexity index is 332. The van der Waals surface area contributed by atoms with E-state index in [0.29, 0.717) is 11.6 Å². The van der Waals surface area contributed by atoms with Gasteiger partial charge >= 0.3 is 0 Å². The SMILES string of the molecule is CNC(CC1=CCCCC1)C1CCOC2(CCC2)C1. The van der Waals surface area contributed by atoms with Gasteiger partial charge in [0.1, 0.15) is 0 Å². The molecule has 19 heavy (non-hydrogen) atoms. The third-order valence-corrected chi connectivity index (χ3v) is 5.60. The molecule has 0 radical (unpaired) electrons. The van der Waals surface area contributed by atoms with Crippen LogP contribution < -0.4 is 5.32 Å². The second-order valence-corrected chi connectivity index (χ2v) is 6.85. The standard InChI is InChI=1S/C17H29NO/c1-18-16(12-14-6-3-2-4-7-14)15-8-11-19-17(13-15)9-5-10-17/h6,15-16,18H,2-5,7-13H2,1H3. The first kappa shape index (κ1) is 13.6. The molecule has 1 saturated heterocycles. The molecule has 0 aromatic heterocycles. The average Bonchev–Trinajstić information content (AvgIpc) is 2.44. The van der Waals surface area contributed by atoms with E-state index in [0.717, 1.165) is 12.5 Å². The normalized spacial score (nSPS) is 31.6. The molecular weight excluding hydrogens is 234 g/mol. The molecule has 3 aliphatic rings. The number of nitrogens with one attached hydrogen (secondary N) is 1. The van der Waals surface area contributed by atoms with Crippen LogP contribution in [0.2, 0.25) is 0 Å². The molecule has 1 N–H and O–H groups in total. The number of rotatable bonds is 4. The molecule has 1 saturated carbocycles. The van der Waals surface area contributed by atoms with E-state index in [9.17, 15) is 0 Å². The summed E-state index contributed by atoms with van der Waals surface area (Å²) in [5, 5.41) is 3.61. The lowest BCUT2D eigenvalue weighted by Crippen LogP contribution is -2.49. The van der Waals surface area contributed by atoms with Gasteiger partial charge in [0.15, 0.2) is 0 Å². The predicted octanol–water partition coefficient (Wildman–Crippen LogP) is 3.81. The maximum atomic E-state index is 6.07. The van der Waals surface area contributed by atoms with Gasteiger partial charge in [0, 0.05) is 12.6 Å². The molecule has 2 heteroatoms. The average molecular weight is 263 g/mol. The van der Waals surface area contributed by atoms with Crippen molar-refractivity contribution in [1.82, 2.24) is 5.32 Å². The third kappa shape index (κ3) is 3.05. The Morgan fingerprint density at radius 3 is 2.89 bits per heavy atom. The van der Waals surface area contributed by atoms with Crippen molar-refractivity contribution in [2.24, 2.45) is 5.92 Å². The molecule has 2 fully saturated rings. The highest BCUT2D eigenvalue weighted by molar-refractivity contribution is 5.08. The zero-order valence-electron chi connectivity index (χ0n) is 12.4. The van der Waals surface area contributed by atoms with Crippen LogP contribution in [0.4, 0.5) is 0 Å². The van der Waals surface area contributed by atoms with Gasteiger partial charge in [0.2, 0.25) is 0 Å². The summed E-state index contributed by atoms with van der Waals surface area (Å²) in [7, 11) is 2.15. The van der Waals surface area contributed by atoms with E-state index in [-0.39, 0.29) is 0 Å². The largest absolute Gasteiger partial charge is 0.375 e. The first-order valence-electron chi connectivity index (χ1n) is 8.30. The zero-order valence-corrected chi connectivity index (χ0v) is 12.4. The van der Waals surface area contributed by atoms with Crippen LogP contribution in [0.3, 0.4) is 0 Å². The Kier molecular flexibility index (Phi) is 4.28. The van der Waals surface area contributed by atoms with Crippen molar-refractivity contribution in [3.8, 4) is 0 Å². The van der Waals surface area contributed by atoms with Crippen LogP contribution in [0.25, 0.3) is 0 Å². The molecule has 0 amide bonds. The third-order valence-electron chi connectivity index (χ3n) is 5.60. The highest BCUT2D eigenvalue weighted by Crippen LogP contribution is 2.45. The molecule has 108 valence electrons. The van der Waals surface area contributed by atoms with E-state index >= 15 is 0 Å². The van der Waals surface area contributed by atoms with Gasteiger partial charge in [0.05, 0.1) is 5.60 Å². The summed E-state index contributed by atoms with van der Waals surface area (Å²) in [4.78, 5) is 0. The molecule has 1 heterocycles. The molecule has 2 nitrogen and oxygen atoms in total. The Morgan fingerprint density at radius 2 is 2.26 bits per heavy atom. The summed E-state index contributed by atoms with van der Waals surface area (Å²) in [6.45, 7) is 0.988. The van der Waals surface area contributed by atoms with E-state index in [2.05, 4.69) is 18.4 Å². The lowest BCUT2D eigenvalue weighted by molar-refractivity contribution is -0.146. The minimum absolute atomic E-state index is 0.291. The highest BCUT2D eigenvalue weighted by atomic mass is 16.5. The second kappa shape index (κ2) is 5.97. The molecule has 2 aliphatic carbocycles. The van der Waals surface area contributed by atoms with Gasteiger partial charge in [-0.1, -0.05) is 11.6 Å². The lowest BCUT2D eigenvalue weighted by atomic mass is 9.69. The van der Waals surface area contributed by atoms with Gasteiger partial charge in [-0.2, -0.15) is 0 Å². The zero-order chi connectivity index (χ0) is 13.1. The van der Waals surface area contributed by atoms with Gasteiger partial charge < -0.3 is 10.1 Å². The first-order valence-corrected chi connectivity index (χ1v) is 8.30. The monoisotopic (exact) mass is 263 g/mol. The summed E-state index contributed by atoms with van der Waals surface area (Å²) in [6.07, 6.45) is 15.8. The van der Waals surface area contributed by atoms with Crippen LogP contribution >= 0.6 is 0 Å². The van der Waals surface area contributed by atoms with Crippen LogP contribution in [0.1, 0.15) is 64.2 Å². The topological polar surface area (TPSA) is 21.3 Å². The van der Waals surface area contributed by atoms with Gasteiger partial charge in [-0.25, -0.2) is 0 Å². The Hall–Kier alpha value is -0.340. The maximum Gasteiger partial charge on any atom is 0.0685 e. The van der Waals surface area contributed by atoms with E-state index < -0.39 is 0 Å². The summed E-state index contributed by atoms with van der Waals surface area (Å²) >= 11 is 0. The fraction of sp³-hybridized carbons (Fsp3) is 0.882. The van der Waals surface area contributed by atoms with Gasteiger partial charge in [-0.15, -0.1) is 0 Å². The maximum absolute atomic E-state index is 6.07. The van der Waals surface area contributed by atoms with Crippen LogP contribution in [0, 0.1) is 5.92 Å². The quantitative estimate of drug-likeness (QED) is 0.779. The molecule has 0 bridgehead atoms. The second-order valence-electron chi connectivity index (χ2n) is 6.85. The first-order chi connectivity index (χ1) is 9.31. The molecule has 1 aliphatic heterocycles. The molecule has 2 unspecified atom stereocenters. The van der Waals surface area contributed by atoms with Crippen LogP contribution in [-0.2, 0) is 4.74 Å². The minimum Gasteiger partial charge on any atom is -0.375 e. The molecule has 2 atom stereocenters. The van der Waals surface area contributed by atoms with Crippen LogP contribution in [0.5, 0.6) is 0 Å². The Balaban J connectivity index is 1.59. The van der Waals surface area contributed by atoms with Gasteiger partial charge in [0.25, 0.3) is 0 Å². The van der Waals surface area contributed by atoms with Crippen molar-refractivity contribution >= 4 is 0 Å². The van der Waals surface area contributed by atoms with Crippen LogP contribution in [-0.4, -0.2) is 25.3 Å². The summed E-state index contributed by atoms with van der Waals surface area (Å²) < 4.78 is 6.07. The molecule has 1 spiro atoms. The minimum atomic E-state index is 0.291. The number of ether oxygens (including phenoxy) is 1. The van der Waals surface area contributed by atoms with Crippen LogP contribution in [0.15, 0.2) is 11.6 Å². The van der Waals surface area contributed by atoms with Crippen molar-refractivity contribution in [3.05, 3.63) is 11.6 Å². The summed E-state index contributed by atoms with van der Waals surface area (Å²) in [5.74, 6) is 0.821. The highest BCUT2D eigenvalue weighted by Gasteiger charge is 2.44. The van der Waals surface area contributed by atoms with Gasteiger partial charge in [-0.3, -0.25) is 0 Å². The number of allylic oxidation sites excluding steroid dienone is 1. The Labute approximate surface area is 118 Å². The Morgan fingerprint density at radius 1 is 1.37 bits per heavy atom. The molecular formula is C17H29NO. The van der Waals surface area contributed by atoms with E-state index in [1.807, 2.05) is 0 Å². The van der Waals surface area contributed by atoms with Crippen molar-refractivity contribution in [2.45, 2.75) is 75.9 Å². The predicted molar refractivity (Wildman–Crippen MR) is 79.3 cm³/mol. The van der Waals surface area contributed by atoms with E-state index in [1.54, 1.807) is 5.57 Å². The van der Waals surface area contributed by atoms with Crippen molar-refractivity contribution in [3.63, 3.8) is 0 Å². The van der Waals surface area contributed by atoms with Crippen molar-refractivity contribution in [2.75, 3.05) is 13.7 Å². The fourth-order valence-corrected chi connectivity index (χ4v) is 4.21. The molecule has 3 rings (SSSR count). The van der Waals surface area contributed by atoms with E-state index in [1.165, 1.54) is 64.2 Å². The van der Waals surface area contributed by atoms with Crippen molar-refractivity contribution in [1.29, 1.82) is 0 Å². The summed E-state index contributed by atoms with van der Waals surface area (Å²) in [5.41, 5.74) is 2.00. The van der Waals surface area contributed by atoms with Gasteiger partial charge in [-0.05, 0) is 77.2 Å². The van der Waals surface area contributed by atoms with Crippen molar-refractivity contribution < 1.29 is 4.74 Å².